The van der Waals surface area contributed by atoms with Crippen molar-refractivity contribution >= 4 is 5.97 Å². The predicted octanol–water partition coefficient (Wildman–Crippen LogP) is 0.821. The van der Waals surface area contributed by atoms with Crippen LogP contribution < -0.4 is 5.73 Å². The topological polar surface area (TPSA) is 68.1 Å². The standard InChI is InChI=1S/C8H12N2O2/c1-5(9)6-3-7(10-4-6)8(11)12-2/h3-5,10H,9H2,1-2H3. The van der Waals surface area contributed by atoms with Crippen LogP contribution in [0, 0.1) is 0 Å². The van der Waals surface area contributed by atoms with E-state index in [1.807, 2.05) is 6.92 Å². The Morgan fingerprint density at radius 3 is 2.83 bits per heavy atom. The third-order valence-electron chi connectivity index (χ3n) is 1.64. The summed E-state index contributed by atoms with van der Waals surface area (Å²) in [4.78, 5) is 13.7. The highest BCUT2D eigenvalue weighted by atomic mass is 16.5. The van der Waals surface area contributed by atoms with Gasteiger partial charge in [-0.15, -0.1) is 0 Å². The van der Waals surface area contributed by atoms with Crippen LogP contribution in [0.3, 0.4) is 0 Å². The number of hydrogen-bond acceptors (Lipinski definition) is 3. The summed E-state index contributed by atoms with van der Waals surface area (Å²) in [5, 5.41) is 0. The Kier molecular flexibility index (Phi) is 2.50. The normalized spacial score (nSPS) is 12.6. The molecule has 1 aromatic heterocycles. The molecule has 0 aliphatic carbocycles. The van der Waals surface area contributed by atoms with E-state index in [1.165, 1.54) is 7.11 Å². The number of ether oxygens (including phenoxy) is 1. The van der Waals surface area contributed by atoms with Gasteiger partial charge in [0.25, 0.3) is 0 Å². The summed E-state index contributed by atoms with van der Waals surface area (Å²) in [7, 11) is 1.34. The van der Waals surface area contributed by atoms with Crippen molar-refractivity contribution in [3.8, 4) is 0 Å². The number of aromatic amines is 1. The van der Waals surface area contributed by atoms with Gasteiger partial charge in [0.2, 0.25) is 0 Å². The molecule has 0 spiro atoms. The van der Waals surface area contributed by atoms with Crippen LogP contribution in [0.4, 0.5) is 0 Å². The summed E-state index contributed by atoms with van der Waals surface area (Å²) in [6.07, 6.45) is 1.71. The average molecular weight is 168 g/mol. The van der Waals surface area contributed by atoms with Crippen molar-refractivity contribution in [3.05, 3.63) is 23.5 Å². The van der Waals surface area contributed by atoms with E-state index in [9.17, 15) is 4.79 Å². The van der Waals surface area contributed by atoms with Crippen LogP contribution in [-0.2, 0) is 4.74 Å². The van der Waals surface area contributed by atoms with Gasteiger partial charge < -0.3 is 15.5 Å². The van der Waals surface area contributed by atoms with Crippen LogP contribution in [-0.4, -0.2) is 18.1 Å². The zero-order chi connectivity index (χ0) is 9.14. The third-order valence-corrected chi connectivity index (χ3v) is 1.64. The van der Waals surface area contributed by atoms with E-state index >= 15 is 0 Å². The monoisotopic (exact) mass is 168 g/mol. The van der Waals surface area contributed by atoms with E-state index < -0.39 is 0 Å². The fraction of sp³-hybridized carbons (Fsp3) is 0.375. The maximum Gasteiger partial charge on any atom is 0.354 e. The molecular formula is C8H12N2O2. The van der Waals surface area contributed by atoms with Gasteiger partial charge in [-0.05, 0) is 18.6 Å². The molecule has 0 radical (unpaired) electrons. The average Bonchev–Trinajstić information content (AvgIpc) is 2.51. The van der Waals surface area contributed by atoms with Crippen molar-refractivity contribution in [1.82, 2.24) is 4.98 Å². The van der Waals surface area contributed by atoms with Gasteiger partial charge in [0, 0.05) is 12.2 Å². The molecule has 0 amide bonds. The molecule has 0 aliphatic rings. The van der Waals surface area contributed by atoms with Crippen LogP contribution >= 0.6 is 0 Å². The first-order valence-corrected chi connectivity index (χ1v) is 3.67. The Labute approximate surface area is 70.7 Å². The fourth-order valence-electron chi connectivity index (χ4n) is 0.902. The van der Waals surface area contributed by atoms with E-state index in [0.717, 1.165) is 5.56 Å². The first-order chi connectivity index (χ1) is 5.65. The maximum absolute atomic E-state index is 11.0. The molecule has 0 bridgehead atoms. The summed E-state index contributed by atoms with van der Waals surface area (Å²) in [5.74, 6) is -0.373. The number of nitrogens with two attached hydrogens (primary N) is 1. The number of H-pyrrole nitrogens is 1. The number of aromatic nitrogens is 1. The van der Waals surface area contributed by atoms with E-state index in [2.05, 4.69) is 9.72 Å². The maximum atomic E-state index is 11.0. The Balaban J connectivity index is 2.84. The van der Waals surface area contributed by atoms with Crippen LogP contribution in [0.1, 0.15) is 29.0 Å². The van der Waals surface area contributed by atoms with Crippen LogP contribution in [0.5, 0.6) is 0 Å². The first-order valence-electron chi connectivity index (χ1n) is 3.67. The van der Waals surface area contributed by atoms with Gasteiger partial charge in [-0.2, -0.15) is 0 Å². The number of carbonyl (C=O) groups is 1. The molecule has 0 aliphatic heterocycles. The minimum atomic E-state index is -0.373. The second-order valence-corrected chi connectivity index (χ2v) is 2.63. The fourth-order valence-corrected chi connectivity index (χ4v) is 0.902. The minimum Gasteiger partial charge on any atom is -0.464 e. The van der Waals surface area contributed by atoms with Gasteiger partial charge >= 0.3 is 5.97 Å². The Bertz CT molecular complexity index is 278. The Morgan fingerprint density at radius 1 is 1.75 bits per heavy atom. The molecule has 4 heteroatoms. The Hall–Kier alpha value is -1.29. The molecule has 1 aromatic rings. The number of esters is 1. The summed E-state index contributed by atoms with van der Waals surface area (Å²) >= 11 is 0. The van der Waals surface area contributed by atoms with Gasteiger partial charge in [-0.1, -0.05) is 0 Å². The van der Waals surface area contributed by atoms with E-state index in [4.69, 9.17) is 5.73 Å². The van der Waals surface area contributed by atoms with Crippen LogP contribution in [0.15, 0.2) is 12.3 Å². The Morgan fingerprint density at radius 2 is 2.42 bits per heavy atom. The lowest BCUT2D eigenvalue weighted by molar-refractivity contribution is 0.0595. The zero-order valence-corrected chi connectivity index (χ0v) is 7.13. The van der Waals surface area contributed by atoms with Gasteiger partial charge in [0.1, 0.15) is 5.69 Å². The van der Waals surface area contributed by atoms with Crippen molar-refractivity contribution in [2.24, 2.45) is 5.73 Å². The highest BCUT2D eigenvalue weighted by molar-refractivity contribution is 5.87. The predicted molar refractivity (Wildman–Crippen MR) is 44.7 cm³/mol. The smallest absolute Gasteiger partial charge is 0.354 e. The summed E-state index contributed by atoms with van der Waals surface area (Å²) < 4.78 is 4.52. The number of hydrogen-bond donors (Lipinski definition) is 2. The van der Waals surface area contributed by atoms with Crippen LogP contribution in [0.25, 0.3) is 0 Å². The first kappa shape index (κ1) is 8.80. The molecule has 1 heterocycles. The highest BCUT2D eigenvalue weighted by Crippen LogP contribution is 2.11. The van der Waals surface area contributed by atoms with Gasteiger partial charge in [0.05, 0.1) is 7.11 Å². The van der Waals surface area contributed by atoms with Crippen molar-refractivity contribution in [1.29, 1.82) is 0 Å². The van der Waals surface area contributed by atoms with Gasteiger partial charge in [-0.3, -0.25) is 0 Å². The largest absolute Gasteiger partial charge is 0.464 e. The lowest BCUT2D eigenvalue weighted by Crippen LogP contribution is -2.03. The zero-order valence-electron chi connectivity index (χ0n) is 7.13. The SMILES string of the molecule is COC(=O)c1cc(C(C)N)c[nH]1. The number of rotatable bonds is 2. The third kappa shape index (κ3) is 1.65. The quantitative estimate of drug-likeness (QED) is 0.642. The van der Waals surface area contributed by atoms with Crippen molar-refractivity contribution in [2.75, 3.05) is 7.11 Å². The molecule has 0 fully saturated rings. The molecule has 0 saturated heterocycles. The lowest BCUT2D eigenvalue weighted by Gasteiger charge is -1.97. The molecule has 1 atom stereocenters. The molecular weight excluding hydrogens is 156 g/mol. The second-order valence-electron chi connectivity index (χ2n) is 2.63. The van der Waals surface area contributed by atoms with Gasteiger partial charge in [0.15, 0.2) is 0 Å². The molecule has 1 rings (SSSR count). The number of methoxy groups -OCH3 is 1. The number of carbonyl (C=O) groups excluding carboxylic acids is 1. The molecule has 66 valence electrons. The molecule has 3 N–H and O–H groups in total. The summed E-state index contributed by atoms with van der Waals surface area (Å²) in [5.41, 5.74) is 6.93. The number of nitrogens with one attached hydrogen (secondary N) is 1. The van der Waals surface area contributed by atoms with Crippen molar-refractivity contribution in [3.63, 3.8) is 0 Å². The van der Waals surface area contributed by atoms with E-state index in [1.54, 1.807) is 12.3 Å². The molecule has 12 heavy (non-hydrogen) atoms. The summed E-state index contributed by atoms with van der Waals surface area (Å²) in [6.45, 7) is 1.85. The summed E-state index contributed by atoms with van der Waals surface area (Å²) in [6, 6.07) is 1.62. The molecule has 4 nitrogen and oxygen atoms in total. The lowest BCUT2D eigenvalue weighted by atomic mass is 10.2. The van der Waals surface area contributed by atoms with Crippen LogP contribution in [0.2, 0.25) is 0 Å². The second kappa shape index (κ2) is 3.40. The van der Waals surface area contributed by atoms with Crippen molar-refractivity contribution in [2.45, 2.75) is 13.0 Å². The van der Waals surface area contributed by atoms with E-state index in [0.29, 0.717) is 5.69 Å². The minimum absolute atomic E-state index is 0.0698. The molecule has 0 aromatic carbocycles. The van der Waals surface area contributed by atoms with Gasteiger partial charge in [-0.25, -0.2) is 4.79 Å². The molecule has 1 unspecified atom stereocenters. The highest BCUT2D eigenvalue weighted by Gasteiger charge is 2.09. The van der Waals surface area contributed by atoms with Crippen molar-refractivity contribution < 1.29 is 9.53 Å². The molecule has 0 saturated carbocycles. The van der Waals surface area contributed by atoms with E-state index in [-0.39, 0.29) is 12.0 Å².